The number of likely N-dealkylation sites (tertiary alicyclic amines) is 1. The highest BCUT2D eigenvalue weighted by Gasteiger charge is 2.49. The van der Waals surface area contributed by atoms with Crippen molar-refractivity contribution in [3.63, 3.8) is 0 Å². The SMILES string of the molecule is CCCC1(C(=O)O)CCCN1C(=O)NCCc1cnc[nH]1. The van der Waals surface area contributed by atoms with Crippen LogP contribution in [0.25, 0.3) is 0 Å². The number of carboxylic acids is 1. The molecule has 1 aliphatic rings. The number of nitrogens with zero attached hydrogens (tertiary/aromatic N) is 2. The Labute approximate surface area is 123 Å². The van der Waals surface area contributed by atoms with Gasteiger partial charge in [-0.05, 0) is 19.3 Å². The number of hydrogen-bond donors (Lipinski definition) is 3. The van der Waals surface area contributed by atoms with Gasteiger partial charge in [-0.1, -0.05) is 13.3 Å². The van der Waals surface area contributed by atoms with Crippen LogP contribution in [-0.2, 0) is 11.2 Å². The number of amides is 2. The number of carboxylic acid groups (broad SMARTS) is 1. The summed E-state index contributed by atoms with van der Waals surface area (Å²) in [5.74, 6) is -0.898. The summed E-state index contributed by atoms with van der Waals surface area (Å²) in [7, 11) is 0. The lowest BCUT2D eigenvalue weighted by Crippen LogP contribution is -2.56. The molecule has 0 aromatic carbocycles. The van der Waals surface area contributed by atoms with E-state index in [-0.39, 0.29) is 6.03 Å². The number of urea groups is 1. The maximum Gasteiger partial charge on any atom is 0.329 e. The van der Waals surface area contributed by atoms with Gasteiger partial charge in [0.1, 0.15) is 5.54 Å². The molecule has 1 fully saturated rings. The minimum Gasteiger partial charge on any atom is -0.479 e. The van der Waals surface area contributed by atoms with E-state index in [2.05, 4.69) is 15.3 Å². The topological polar surface area (TPSA) is 98.3 Å². The summed E-state index contributed by atoms with van der Waals surface area (Å²) in [4.78, 5) is 32.3. The van der Waals surface area contributed by atoms with Crippen LogP contribution >= 0.6 is 0 Å². The van der Waals surface area contributed by atoms with E-state index in [4.69, 9.17) is 0 Å². The first-order chi connectivity index (χ1) is 10.1. The van der Waals surface area contributed by atoms with Crippen LogP contribution in [0.15, 0.2) is 12.5 Å². The quantitative estimate of drug-likeness (QED) is 0.738. The molecule has 0 radical (unpaired) electrons. The number of nitrogens with one attached hydrogen (secondary N) is 2. The minimum absolute atomic E-state index is 0.289. The predicted molar refractivity (Wildman–Crippen MR) is 76.9 cm³/mol. The maximum atomic E-state index is 12.3. The first kappa shape index (κ1) is 15.3. The van der Waals surface area contributed by atoms with Crippen LogP contribution in [-0.4, -0.2) is 50.6 Å². The molecule has 0 bridgehead atoms. The number of rotatable bonds is 6. The molecule has 2 rings (SSSR count). The smallest absolute Gasteiger partial charge is 0.329 e. The lowest BCUT2D eigenvalue weighted by Gasteiger charge is -2.34. The number of aliphatic carboxylic acids is 1. The maximum absolute atomic E-state index is 12.3. The molecular formula is C14H22N4O3. The lowest BCUT2D eigenvalue weighted by molar-refractivity contribution is -0.148. The third kappa shape index (κ3) is 3.17. The summed E-state index contributed by atoms with van der Waals surface area (Å²) in [6.45, 7) is 2.90. The van der Waals surface area contributed by atoms with Crippen molar-refractivity contribution in [2.75, 3.05) is 13.1 Å². The molecule has 2 heterocycles. The van der Waals surface area contributed by atoms with Crippen LogP contribution in [0.2, 0.25) is 0 Å². The molecule has 21 heavy (non-hydrogen) atoms. The fourth-order valence-electron chi connectivity index (χ4n) is 3.00. The van der Waals surface area contributed by atoms with Crippen molar-refractivity contribution < 1.29 is 14.7 Å². The van der Waals surface area contributed by atoms with E-state index in [9.17, 15) is 14.7 Å². The fraction of sp³-hybridized carbons (Fsp3) is 0.643. The van der Waals surface area contributed by atoms with Gasteiger partial charge in [0.05, 0.1) is 6.33 Å². The fourth-order valence-corrected chi connectivity index (χ4v) is 3.00. The Bertz CT molecular complexity index is 488. The van der Waals surface area contributed by atoms with Crippen LogP contribution in [0.1, 0.15) is 38.3 Å². The molecule has 1 saturated heterocycles. The van der Waals surface area contributed by atoms with Gasteiger partial charge in [-0.2, -0.15) is 0 Å². The Balaban J connectivity index is 1.95. The average Bonchev–Trinajstić information content (AvgIpc) is 3.08. The molecule has 7 heteroatoms. The third-order valence-electron chi connectivity index (χ3n) is 4.02. The number of imidazole rings is 1. The molecule has 2 amide bonds. The van der Waals surface area contributed by atoms with Crippen LogP contribution in [0.5, 0.6) is 0 Å². The molecule has 7 nitrogen and oxygen atoms in total. The molecule has 0 saturated carbocycles. The Kier molecular flexibility index (Phi) is 4.82. The zero-order valence-corrected chi connectivity index (χ0v) is 12.3. The van der Waals surface area contributed by atoms with Crippen molar-refractivity contribution in [2.24, 2.45) is 0 Å². The standard InChI is InChI=1S/C14H22N4O3/c1-2-5-14(12(19)20)6-3-8-18(14)13(21)16-7-4-11-9-15-10-17-11/h9-10H,2-8H2,1H3,(H,15,17)(H,16,21)(H,19,20). The lowest BCUT2D eigenvalue weighted by atomic mass is 9.91. The second-order valence-electron chi connectivity index (χ2n) is 5.40. The predicted octanol–water partition coefficient (Wildman–Crippen LogP) is 1.38. The van der Waals surface area contributed by atoms with Crippen molar-refractivity contribution in [2.45, 2.75) is 44.6 Å². The highest BCUT2D eigenvalue weighted by molar-refractivity contribution is 5.87. The minimum atomic E-state index is -1.03. The van der Waals surface area contributed by atoms with E-state index >= 15 is 0 Å². The number of carbonyl (C=O) groups is 2. The van der Waals surface area contributed by atoms with E-state index < -0.39 is 11.5 Å². The van der Waals surface area contributed by atoms with Crippen molar-refractivity contribution in [3.05, 3.63) is 18.2 Å². The van der Waals surface area contributed by atoms with Gasteiger partial charge in [-0.3, -0.25) is 0 Å². The molecule has 1 atom stereocenters. The molecular weight excluding hydrogens is 272 g/mol. The summed E-state index contributed by atoms with van der Waals surface area (Å²) in [5.41, 5.74) is -0.0953. The van der Waals surface area contributed by atoms with E-state index in [0.717, 1.165) is 18.5 Å². The molecule has 1 unspecified atom stereocenters. The molecule has 0 aliphatic carbocycles. The molecule has 1 aromatic heterocycles. The molecule has 3 N–H and O–H groups in total. The van der Waals surface area contributed by atoms with Crippen molar-refractivity contribution in [3.8, 4) is 0 Å². The largest absolute Gasteiger partial charge is 0.479 e. The normalized spacial score (nSPS) is 21.5. The van der Waals surface area contributed by atoms with Gasteiger partial charge in [-0.25, -0.2) is 14.6 Å². The van der Waals surface area contributed by atoms with Gasteiger partial charge in [0.15, 0.2) is 0 Å². The monoisotopic (exact) mass is 294 g/mol. The van der Waals surface area contributed by atoms with E-state index in [1.165, 1.54) is 4.90 Å². The molecule has 1 aromatic rings. The van der Waals surface area contributed by atoms with Crippen LogP contribution in [0.3, 0.4) is 0 Å². The third-order valence-corrected chi connectivity index (χ3v) is 4.02. The van der Waals surface area contributed by atoms with Crippen LogP contribution in [0.4, 0.5) is 4.79 Å². The van der Waals surface area contributed by atoms with Gasteiger partial charge < -0.3 is 20.3 Å². The van der Waals surface area contributed by atoms with Crippen molar-refractivity contribution >= 4 is 12.0 Å². The Morgan fingerprint density at radius 1 is 1.57 bits per heavy atom. The highest BCUT2D eigenvalue weighted by Crippen LogP contribution is 2.33. The van der Waals surface area contributed by atoms with E-state index in [1.807, 2.05) is 6.92 Å². The van der Waals surface area contributed by atoms with Gasteiger partial charge in [0.25, 0.3) is 0 Å². The average molecular weight is 294 g/mol. The van der Waals surface area contributed by atoms with Crippen molar-refractivity contribution in [1.82, 2.24) is 20.2 Å². The second kappa shape index (κ2) is 6.60. The van der Waals surface area contributed by atoms with Crippen LogP contribution < -0.4 is 5.32 Å². The first-order valence-corrected chi connectivity index (χ1v) is 7.36. The number of hydrogen-bond acceptors (Lipinski definition) is 3. The van der Waals surface area contributed by atoms with Gasteiger partial charge in [-0.15, -0.1) is 0 Å². The van der Waals surface area contributed by atoms with Gasteiger partial charge >= 0.3 is 12.0 Å². The summed E-state index contributed by atoms with van der Waals surface area (Å²) in [6.07, 6.45) is 6.45. The number of aromatic nitrogens is 2. The van der Waals surface area contributed by atoms with Gasteiger partial charge in [0, 0.05) is 31.4 Å². The first-order valence-electron chi connectivity index (χ1n) is 7.36. The molecule has 1 aliphatic heterocycles. The Morgan fingerprint density at radius 2 is 2.38 bits per heavy atom. The van der Waals surface area contributed by atoms with Crippen LogP contribution in [0, 0.1) is 0 Å². The molecule has 0 spiro atoms. The number of aromatic amines is 1. The van der Waals surface area contributed by atoms with Crippen molar-refractivity contribution in [1.29, 1.82) is 0 Å². The Morgan fingerprint density at radius 3 is 3.00 bits per heavy atom. The van der Waals surface area contributed by atoms with E-state index in [1.54, 1.807) is 12.5 Å². The zero-order valence-electron chi connectivity index (χ0n) is 12.3. The Hall–Kier alpha value is -2.05. The number of carbonyl (C=O) groups excluding carboxylic acids is 1. The summed E-state index contributed by atoms with van der Waals surface area (Å²) < 4.78 is 0. The number of H-pyrrole nitrogens is 1. The van der Waals surface area contributed by atoms with Gasteiger partial charge in [0.2, 0.25) is 0 Å². The summed E-state index contributed by atoms with van der Waals surface area (Å²) in [5, 5.41) is 12.4. The molecule has 116 valence electrons. The summed E-state index contributed by atoms with van der Waals surface area (Å²) in [6, 6.07) is -0.289. The summed E-state index contributed by atoms with van der Waals surface area (Å²) >= 11 is 0. The zero-order chi connectivity index (χ0) is 15.3. The second-order valence-corrected chi connectivity index (χ2v) is 5.40. The highest BCUT2D eigenvalue weighted by atomic mass is 16.4. The van der Waals surface area contributed by atoms with E-state index in [0.29, 0.717) is 32.4 Å².